The molecule has 0 aliphatic carbocycles. The van der Waals surface area contributed by atoms with E-state index in [1.54, 1.807) is 36.9 Å². The van der Waals surface area contributed by atoms with E-state index in [-0.39, 0.29) is 12.2 Å². The zero-order valence-corrected chi connectivity index (χ0v) is 30.7. The molecule has 0 atom stereocenters. The van der Waals surface area contributed by atoms with Crippen LogP contribution in [0.5, 0.6) is 23.0 Å². The summed E-state index contributed by atoms with van der Waals surface area (Å²) in [5, 5.41) is 1.85. The molecule has 0 aliphatic heterocycles. The van der Waals surface area contributed by atoms with Gasteiger partial charge in [-0.15, -0.1) is 22.7 Å². The molecule has 250 valence electrons. The standard InChI is InChI=1S/C38H52N2O4S2/c1-9-11-13-15-19-27-35(33-29(41-7)21-17-23-31(33)43-25(3)4)45-37(39-27)38-40-28(20-16-14-12-10-2)36(46-38)34-30(42-8)22-18-24-32(34)44-26(5)6/h17-18,21-26H,9-16,19-20H2,1-8H3. The molecule has 6 nitrogen and oxygen atoms in total. The first-order chi connectivity index (χ1) is 22.3. The van der Waals surface area contributed by atoms with Gasteiger partial charge >= 0.3 is 0 Å². The third kappa shape index (κ3) is 9.03. The van der Waals surface area contributed by atoms with Crippen molar-refractivity contribution in [3.8, 4) is 53.9 Å². The first-order valence-corrected chi connectivity index (χ1v) is 18.6. The van der Waals surface area contributed by atoms with Crippen molar-refractivity contribution in [2.45, 2.75) is 118 Å². The van der Waals surface area contributed by atoms with Crippen LogP contribution in [0.2, 0.25) is 0 Å². The fraction of sp³-hybridized carbons (Fsp3) is 0.526. The number of rotatable bonds is 19. The van der Waals surface area contributed by atoms with Gasteiger partial charge in [0.2, 0.25) is 0 Å². The van der Waals surface area contributed by atoms with Crippen LogP contribution in [0.3, 0.4) is 0 Å². The Bertz CT molecular complexity index is 1410. The van der Waals surface area contributed by atoms with Gasteiger partial charge in [0.1, 0.15) is 23.0 Å². The Balaban J connectivity index is 1.88. The summed E-state index contributed by atoms with van der Waals surface area (Å²) < 4.78 is 24.5. The summed E-state index contributed by atoms with van der Waals surface area (Å²) in [6, 6.07) is 12.1. The predicted molar refractivity (Wildman–Crippen MR) is 194 cm³/mol. The number of nitrogens with zero attached hydrogens (tertiary/aromatic N) is 2. The number of aromatic nitrogens is 2. The monoisotopic (exact) mass is 664 g/mol. The number of ether oxygens (including phenoxy) is 4. The molecule has 0 amide bonds. The lowest BCUT2D eigenvalue weighted by molar-refractivity contribution is 0.242. The normalized spacial score (nSPS) is 11.4. The molecule has 0 saturated heterocycles. The van der Waals surface area contributed by atoms with Crippen LogP contribution in [-0.4, -0.2) is 36.4 Å². The number of benzene rings is 2. The second kappa shape index (κ2) is 17.7. The molecule has 2 heterocycles. The van der Waals surface area contributed by atoms with Gasteiger partial charge in [-0.3, -0.25) is 0 Å². The Morgan fingerprint density at radius 2 is 0.957 bits per heavy atom. The highest BCUT2D eigenvalue weighted by molar-refractivity contribution is 7.24. The zero-order chi connectivity index (χ0) is 33.1. The van der Waals surface area contributed by atoms with Gasteiger partial charge in [-0.1, -0.05) is 64.5 Å². The molecule has 0 saturated carbocycles. The Morgan fingerprint density at radius 3 is 1.30 bits per heavy atom. The van der Waals surface area contributed by atoms with Gasteiger partial charge in [-0.25, -0.2) is 9.97 Å². The van der Waals surface area contributed by atoms with Crippen molar-refractivity contribution < 1.29 is 18.9 Å². The Morgan fingerprint density at radius 1 is 0.565 bits per heavy atom. The first kappa shape index (κ1) is 35.7. The molecule has 4 aromatic rings. The first-order valence-electron chi connectivity index (χ1n) is 17.0. The molecular weight excluding hydrogens is 613 g/mol. The van der Waals surface area contributed by atoms with Crippen molar-refractivity contribution in [1.29, 1.82) is 0 Å². The summed E-state index contributed by atoms with van der Waals surface area (Å²) >= 11 is 3.38. The molecule has 8 heteroatoms. The highest BCUT2D eigenvalue weighted by atomic mass is 32.1. The minimum atomic E-state index is 0.0335. The Kier molecular flexibility index (Phi) is 13.8. The van der Waals surface area contributed by atoms with Gasteiger partial charge in [-0.2, -0.15) is 0 Å². The molecule has 2 aromatic heterocycles. The van der Waals surface area contributed by atoms with Crippen LogP contribution >= 0.6 is 22.7 Å². The summed E-state index contributed by atoms with van der Waals surface area (Å²) in [4.78, 5) is 12.8. The quantitative estimate of drug-likeness (QED) is 0.0930. The van der Waals surface area contributed by atoms with E-state index in [0.717, 1.165) is 91.0 Å². The third-order valence-electron chi connectivity index (χ3n) is 7.71. The number of hydrogen-bond acceptors (Lipinski definition) is 8. The highest BCUT2D eigenvalue weighted by Crippen LogP contribution is 2.49. The molecule has 0 fully saturated rings. The molecule has 4 rings (SSSR count). The van der Waals surface area contributed by atoms with Crippen LogP contribution in [0, 0.1) is 0 Å². The van der Waals surface area contributed by atoms with Crippen LogP contribution < -0.4 is 18.9 Å². The minimum absolute atomic E-state index is 0.0335. The van der Waals surface area contributed by atoms with Crippen molar-refractivity contribution >= 4 is 22.7 Å². The number of hydrogen-bond donors (Lipinski definition) is 0. The van der Waals surface area contributed by atoms with Crippen molar-refractivity contribution in [2.75, 3.05) is 14.2 Å². The van der Waals surface area contributed by atoms with Crippen molar-refractivity contribution in [2.24, 2.45) is 0 Å². The molecule has 0 spiro atoms. The second-order valence-electron chi connectivity index (χ2n) is 12.2. The zero-order valence-electron chi connectivity index (χ0n) is 29.0. The molecule has 0 N–H and O–H groups in total. The van der Waals surface area contributed by atoms with Gasteiger partial charge < -0.3 is 18.9 Å². The summed E-state index contributed by atoms with van der Waals surface area (Å²) in [6.07, 6.45) is 11.2. The molecule has 0 bridgehead atoms. The second-order valence-corrected chi connectivity index (χ2v) is 14.2. The molecule has 46 heavy (non-hydrogen) atoms. The van der Waals surface area contributed by atoms with Gasteiger partial charge in [-0.05, 0) is 77.6 Å². The number of methoxy groups -OCH3 is 2. The summed E-state index contributed by atoms with van der Waals surface area (Å²) in [7, 11) is 3.45. The van der Waals surface area contributed by atoms with E-state index in [1.165, 1.54) is 38.5 Å². The van der Waals surface area contributed by atoms with E-state index in [2.05, 4.69) is 41.5 Å². The number of unbranched alkanes of at least 4 members (excludes halogenated alkanes) is 6. The summed E-state index contributed by atoms with van der Waals surface area (Å²) in [5.41, 5.74) is 4.11. The topological polar surface area (TPSA) is 62.7 Å². The summed E-state index contributed by atoms with van der Waals surface area (Å²) in [6.45, 7) is 12.7. The maximum Gasteiger partial charge on any atom is 0.153 e. The SMILES string of the molecule is CCCCCCc1nc(-c2nc(CCCCCC)c(-c3c(OC)cccc3OC(C)C)s2)sc1-c1c(OC)cccc1OC(C)C. The lowest BCUT2D eigenvalue weighted by Gasteiger charge is -2.17. The predicted octanol–water partition coefficient (Wildman–Crippen LogP) is 11.4. The molecule has 2 aromatic carbocycles. The highest BCUT2D eigenvalue weighted by Gasteiger charge is 2.26. The third-order valence-corrected chi connectivity index (χ3v) is 10.1. The van der Waals surface area contributed by atoms with Crippen LogP contribution in [0.1, 0.15) is 104 Å². The lowest BCUT2D eigenvalue weighted by atomic mass is 10.1. The van der Waals surface area contributed by atoms with Crippen molar-refractivity contribution in [1.82, 2.24) is 9.97 Å². The molecule has 0 unspecified atom stereocenters. The average Bonchev–Trinajstić information content (AvgIpc) is 3.65. The van der Waals surface area contributed by atoms with E-state index in [1.807, 2.05) is 36.4 Å². The molecular formula is C38H52N2O4S2. The maximum atomic E-state index is 6.33. The van der Waals surface area contributed by atoms with Crippen LogP contribution in [0.15, 0.2) is 36.4 Å². The molecule has 0 radical (unpaired) electrons. The van der Waals surface area contributed by atoms with Crippen LogP contribution in [0.4, 0.5) is 0 Å². The van der Waals surface area contributed by atoms with Crippen molar-refractivity contribution in [3.05, 3.63) is 47.8 Å². The van der Waals surface area contributed by atoms with E-state index in [4.69, 9.17) is 28.9 Å². The lowest BCUT2D eigenvalue weighted by Crippen LogP contribution is -2.07. The smallest absolute Gasteiger partial charge is 0.153 e. The van der Waals surface area contributed by atoms with E-state index < -0.39 is 0 Å². The van der Waals surface area contributed by atoms with Gasteiger partial charge in [0.05, 0.1) is 58.7 Å². The van der Waals surface area contributed by atoms with Gasteiger partial charge in [0, 0.05) is 0 Å². The van der Waals surface area contributed by atoms with E-state index in [0.29, 0.717) is 0 Å². The van der Waals surface area contributed by atoms with Crippen molar-refractivity contribution in [3.63, 3.8) is 0 Å². The average molecular weight is 665 g/mol. The van der Waals surface area contributed by atoms with Gasteiger partial charge in [0.15, 0.2) is 10.0 Å². The summed E-state index contributed by atoms with van der Waals surface area (Å²) in [5.74, 6) is 3.23. The van der Waals surface area contributed by atoms with E-state index in [9.17, 15) is 0 Å². The Labute approximate surface area is 284 Å². The number of thiazole rings is 2. The van der Waals surface area contributed by atoms with Gasteiger partial charge in [0.25, 0.3) is 0 Å². The Hall–Kier alpha value is -3.10. The minimum Gasteiger partial charge on any atom is -0.496 e. The largest absolute Gasteiger partial charge is 0.496 e. The fourth-order valence-electron chi connectivity index (χ4n) is 5.57. The fourth-order valence-corrected chi connectivity index (χ4v) is 7.92. The van der Waals surface area contributed by atoms with Crippen LogP contribution in [-0.2, 0) is 12.8 Å². The molecule has 0 aliphatic rings. The van der Waals surface area contributed by atoms with E-state index >= 15 is 0 Å². The van der Waals surface area contributed by atoms with Crippen LogP contribution in [0.25, 0.3) is 30.9 Å². The number of aryl methyl sites for hydroxylation is 2. The maximum absolute atomic E-state index is 6.33.